The van der Waals surface area contributed by atoms with Crippen LogP contribution in [0, 0.1) is 0 Å². The summed E-state index contributed by atoms with van der Waals surface area (Å²) in [4.78, 5) is 16.5. The van der Waals surface area contributed by atoms with E-state index < -0.39 is 0 Å². The molecule has 8 nitrogen and oxygen atoms in total. The number of fused-ring (bicyclic) bond motifs is 1. The Morgan fingerprint density at radius 1 is 1.44 bits per heavy atom. The number of methoxy groups -OCH3 is 1. The molecule has 9 heteroatoms. The van der Waals surface area contributed by atoms with E-state index >= 15 is 0 Å². The van der Waals surface area contributed by atoms with Crippen molar-refractivity contribution in [1.82, 2.24) is 25.1 Å². The van der Waals surface area contributed by atoms with E-state index in [-0.39, 0.29) is 12.1 Å². The van der Waals surface area contributed by atoms with Crippen LogP contribution in [0.15, 0.2) is 30.0 Å². The van der Waals surface area contributed by atoms with Crippen LogP contribution in [0.5, 0.6) is 0 Å². The smallest absolute Gasteiger partial charge is 0.319 e. The van der Waals surface area contributed by atoms with Crippen molar-refractivity contribution < 1.29 is 9.53 Å². The van der Waals surface area contributed by atoms with E-state index in [0.29, 0.717) is 12.4 Å². The van der Waals surface area contributed by atoms with Gasteiger partial charge in [-0.25, -0.2) is 9.78 Å². The maximum absolute atomic E-state index is 12.3. The Labute approximate surface area is 149 Å². The highest BCUT2D eigenvalue weighted by molar-refractivity contribution is 7.16. The number of carbonyl (C=O) groups excluding carboxylic acids is 1. The molecule has 0 spiro atoms. The van der Waals surface area contributed by atoms with Crippen LogP contribution in [0.25, 0.3) is 10.2 Å². The van der Waals surface area contributed by atoms with E-state index in [1.165, 1.54) is 11.3 Å². The molecule has 0 saturated carbocycles. The van der Waals surface area contributed by atoms with Crippen molar-refractivity contribution in [2.45, 2.75) is 25.9 Å². The highest BCUT2D eigenvalue weighted by Gasteiger charge is 2.15. The van der Waals surface area contributed by atoms with Crippen LogP contribution in [-0.4, -0.2) is 39.5 Å². The first-order chi connectivity index (χ1) is 12.2. The molecule has 0 fully saturated rings. The summed E-state index contributed by atoms with van der Waals surface area (Å²) >= 11 is 1.54. The van der Waals surface area contributed by atoms with E-state index in [4.69, 9.17) is 4.74 Å². The Bertz CT molecular complexity index is 846. The number of aromatic nitrogens is 4. The number of hydrogen-bond acceptors (Lipinski definition) is 6. The molecule has 25 heavy (non-hydrogen) atoms. The van der Waals surface area contributed by atoms with E-state index in [0.717, 1.165) is 28.9 Å². The molecule has 0 saturated heterocycles. The second kappa shape index (κ2) is 8.04. The SMILES string of the molecule is COCCCn1cnnc1C(C)NC(=O)Nc1ccc2ncsc2c1. The molecule has 0 radical (unpaired) electrons. The number of aryl methyl sites for hydroxylation is 1. The van der Waals surface area contributed by atoms with Gasteiger partial charge in [0, 0.05) is 25.9 Å². The predicted molar refractivity (Wildman–Crippen MR) is 96.7 cm³/mol. The molecule has 2 amide bonds. The van der Waals surface area contributed by atoms with Gasteiger partial charge in [0.05, 0.1) is 21.8 Å². The zero-order valence-electron chi connectivity index (χ0n) is 14.1. The van der Waals surface area contributed by atoms with Gasteiger partial charge in [-0.15, -0.1) is 21.5 Å². The van der Waals surface area contributed by atoms with Gasteiger partial charge in [-0.3, -0.25) is 0 Å². The molecule has 0 aliphatic heterocycles. The first kappa shape index (κ1) is 17.3. The highest BCUT2D eigenvalue weighted by Crippen LogP contribution is 2.21. The summed E-state index contributed by atoms with van der Waals surface area (Å²) in [5.74, 6) is 0.712. The zero-order valence-corrected chi connectivity index (χ0v) is 14.9. The first-order valence-electron chi connectivity index (χ1n) is 7.95. The molecular formula is C16H20N6O2S. The first-order valence-corrected chi connectivity index (χ1v) is 8.82. The molecule has 2 heterocycles. The predicted octanol–water partition coefficient (Wildman–Crippen LogP) is 2.81. The average molecular weight is 360 g/mol. The van der Waals surface area contributed by atoms with Crippen molar-refractivity contribution in [2.24, 2.45) is 0 Å². The van der Waals surface area contributed by atoms with Gasteiger partial charge in [0.15, 0.2) is 5.82 Å². The number of nitrogens with zero attached hydrogens (tertiary/aromatic N) is 4. The fraction of sp³-hybridized carbons (Fsp3) is 0.375. The molecule has 2 N–H and O–H groups in total. The van der Waals surface area contributed by atoms with Gasteiger partial charge in [0.1, 0.15) is 6.33 Å². The van der Waals surface area contributed by atoms with Gasteiger partial charge in [-0.05, 0) is 31.5 Å². The largest absolute Gasteiger partial charge is 0.385 e. The second-order valence-electron chi connectivity index (χ2n) is 5.58. The number of ether oxygens (including phenoxy) is 1. The number of hydrogen-bond donors (Lipinski definition) is 2. The standard InChI is InChI=1S/C16H20N6O2S/c1-11(15-21-18-9-22(15)6-3-7-24-2)19-16(23)20-12-4-5-13-14(8-12)25-10-17-13/h4-5,8-11H,3,6-7H2,1-2H3,(H2,19,20,23). The zero-order chi connectivity index (χ0) is 17.6. The van der Waals surface area contributed by atoms with Gasteiger partial charge in [-0.1, -0.05) is 0 Å². The average Bonchev–Trinajstić information content (AvgIpc) is 3.23. The molecular weight excluding hydrogens is 340 g/mol. The van der Waals surface area contributed by atoms with Crippen molar-refractivity contribution in [3.05, 3.63) is 35.9 Å². The van der Waals surface area contributed by atoms with Gasteiger partial charge >= 0.3 is 6.03 Å². The molecule has 0 aliphatic carbocycles. The maximum Gasteiger partial charge on any atom is 0.319 e. The van der Waals surface area contributed by atoms with Crippen LogP contribution in [-0.2, 0) is 11.3 Å². The molecule has 1 aromatic carbocycles. The van der Waals surface area contributed by atoms with Crippen molar-refractivity contribution in [3.8, 4) is 0 Å². The molecule has 0 bridgehead atoms. The minimum atomic E-state index is -0.289. The van der Waals surface area contributed by atoms with Crippen molar-refractivity contribution in [1.29, 1.82) is 0 Å². The lowest BCUT2D eigenvalue weighted by Gasteiger charge is -2.15. The lowest BCUT2D eigenvalue weighted by atomic mass is 10.3. The minimum absolute atomic E-state index is 0.266. The van der Waals surface area contributed by atoms with Gasteiger partial charge in [0.25, 0.3) is 0 Å². The molecule has 3 aromatic rings. The number of benzene rings is 1. The van der Waals surface area contributed by atoms with Crippen LogP contribution in [0.3, 0.4) is 0 Å². The summed E-state index contributed by atoms with van der Waals surface area (Å²) < 4.78 is 8.01. The lowest BCUT2D eigenvalue weighted by molar-refractivity contribution is 0.189. The summed E-state index contributed by atoms with van der Waals surface area (Å²) in [6.07, 6.45) is 2.52. The summed E-state index contributed by atoms with van der Waals surface area (Å²) in [5.41, 5.74) is 3.43. The van der Waals surface area contributed by atoms with Crippen molar-refractivity contribution in [2.75, 3.05) is 19.0 Å². The van der Waals surface area contributed by atoms with E-state index in [2.05, 4.69) is 25.8 Å². The topological polar surface area (TPSA) is 94.0 Å². The third-order valence-electron chi connectivity index (χ3n) is 3.72. The number of urea groups is 1. The summed E-state index contributed by atoms with van der Waals surface area (Å²) in [5, 5.41) is 13.8. The Kier molecular flexibility index (Phi) is 5.56. The van der Waals surface area contributed by atoms with Gasteiger partial charge in [-0.2, -0.15) is 0 Å². The summed E-state index contributed by atoms with van der Waals surface area (Å²) in [7, 11) is 1.67. The quantitative estimate of drug-likeness (QED) is 0.632. The molecule has 2 aromatic heterocycles. The van der Waals surface area contributed by atoms with E-state index in [1.54, 1.807) is 18.9 Å². The van der Waals surface area contributed by atoms with Crippen LogP contribution in [0.4, 0.5) is 10.5 Å². The number of nitrogens with one attached hydrogen (secondary N) is 2. The van der Waals surface area contributed by atoms with E-state index in [1.807, 2.05) is 29.7 Å². The van der Waals surface area contributed by atoms with Crippen LogP contribution < -0.4 is 10.6 Å². The lowest BCUT2D eigenvalue weighted by Crippen LogP contribution is -2.32. The number of carbonyl (C=O) groups is 1. The maximum atomic E-state index is 12.3. The molecule has 0 aliphatic rings. The Morgan fingerprint density at radius 2 is 2.32 bits per heavy atom. The van der Waals surface area contributed by atoms with Gasteiger partial charge in [0.2, 0.25) is 0 Å². The summed E-state index contributed by atoms with van der Waals surface area (Å²) in [6, 6.07) is 5.07. The summed E-state index contributed by atoms with van der Waals surface area (Å²) in [6.45, 7) is 3.29. The minimum Gasteiger partial charge on any atom is -0.385 e. The van der Waals surface area contributed by atoms with E-state index in [9.17, 15) is 4.79 Å². The molecule has 1 atom stereocenters. The molecule has 1 unspecified atom stereocenters. The van der Waals surface area contributed by atoms with Crippen LogP contribution >= 0.6 is 11.3 Å². The number of rotatable bonds is 7. The van der Waals surface area contributed by atoms with Crippen molar-refractivity contribution >= 4 is 33.3 Å². The number of thiazole rings is 1. The Balaban J connectivity index is 1.59. The van der Waals surface area contributed by atoms with Crippen LogP contribution in [0.2, 0.25) is 0 Å². The number of anilines is 1. The van der Waals surface area contributed by atoms with Crippen LogP contribution in [0.1, 0.15) is 25.2 Å². The normalized spacial score (nSPS) is 12.2. The molecule has 132 valence electrons. The highest BCUT2D eigenvalue weighted by atomic mass is 32.1. The third kappa shape index (κ3) is 4.31. The van der Waals surface area contributed by atoms with Crippen molar-refractivity contribution in [3.63, 3.8) is 0 Å². The second-order valence-corrected chi connectivity index (χ2v) is 6.47. The Morgan fingerprint density at radius 3 is 3.16 bits per heavy atom. The third-order valence-corrected chi connectivity index (χ3v) is 4.51. The fourth-order valence-corrected chi connectivity index (χ4v) is 3.23. The number of amides is 2. The van der Waals surface area contributed by atoms with Gasteiger partial charge < -0.3 is 19.9 Å². The fourth-order valence-electron chi connectivity index (χ4n) is 2.51. The Hall–Kier alpha value is -2.52. The monoisotopic (exact) mass is 360 g/mol. The molecule has 3 rings (SSSR count).